The number of benzene rings is 1. The Kier molecular flexibility index (Phi) is 4.83. The number of hydrogen-bond donors (Lipinski definition) is 0. The first kappa shape index (κ1) is 13.4. The minimum absolute atomic E-state index is 0.141. The summed E-state index contributed by atoms with van der Waals surface area (Å²) < 4.78 is 0. The quantitative estimate of drug-likeness (QED) is 0.708. The van der Waals surface area contributed by atoms with Gasteiger partial charge in [0.15, 0.2) is 0 Å². The minimum Gasteiger partial charge on any atom is -0.273 e. The summed E-state index contributed by atoms with van der Waals surface area (Å²) in [5, 5.41) is 0. The van der Waals surface area contributed by atoms with Crippen LogP contribution in [0.3, 0.4) is 0 Å². The molecule has 0 aliphatic carbocycles. The third-order valence-electron chi connectivity index (χ3n) is 2.96. The van der Waals surface area contributed by atoms with Crippen molar-refractivity contribution in [1.29, 1.82) is 0 Å². The first-order chi connectivity index (χ1) is 8.04. The molecule has 17 heavy (non-hydrogen) atoms. The van der Waals surface area contributed by atoms with Crippen LogP contribution in [0.2, 0.25) is 0 Å². The van der Waals surface area contributed by atoms with E-state index in [1.165, 1.54) is 11.1 Å². The van der Waals surface area contributed by atoms with E-state index in [0.717, 1.165) is 24.0 Å². The summed E-state index contributed by atoms with van der Waals surface area (Å²) in [5.74, 6) is -0.141. The van der Waals surface area contributed by atoms with Crippen molar-refractivity contribution in [3.8, 4) is 0 Å². The molecule has 0 N–H and O–H groups in total. The standard InChI is InChI=1S/C15H19NO/c1-11-8-9-14(10-13(11)3)12(2)6-5-7-15(17)16-4/h8-10H,2,4-7H2,1,3H3. The molecule has 1 aromatic carbocycles. The molecular formula is C15H19NO. The molecule has 0 aliphatic heterocycles. The molecule has 0 atom stereocenters. The van der Waals surface area contributed by atoms with E-state index in [0.29, 0.717) is 6.42 Å². The molecule has 0 spiro atoms. The lowest BCUT2D eigenvalue weighted by Crippen LogP contribution is -1.93. The summed E-state index contributed by atoms with van der Waals surface area (Å²) in [4.78, 5) is 14.3. The zero-order valence-corrected chi connectivity index (χ0v) is 10.6. The van der Waals surface area contributed by atoms with Crippen molar-refractivity contribution in [1.82, 2.24) is 0 Å². The predicted molar refractivity (Wildman–Crippen MR) is 73.4 cm³/mol. The van der Waals surface area contributed by atoms with Gasteiger partial charge in [-0.1, -0.05) is 24.8 Å². The summed E-state index contributed by atoms with van der Waals surface area (Å²) in [6.45, 7) is 11.5. The minimum atomic E-state index is -0.141. The fraction of sp³-hybridized carbons (Fsp3) is 0.333. The maximum Gasteiger partial charge on any atom is 0.245 e. The summed E-state index contributed by atoms with van der Waals surface area (Å²) in [6.07, 6.45) is 2.06. The highest BCUT2D eigenvalue weighted by Crippen LogP contribution is 2.21. The van der Waals surface area contributed by atoms with Crippen LogP contribution < -0.4 is 0 Å². The highest BCUT2D eigenvalue weighted by Gasteiger charge is 2.03. The lowest BCUT2D eigenvalue weighted by molar-refractivity contribution is -0.117. The molecule has 1 amide bonds. The molecule has 0 fully saturated rings. The number of hydrogen-bond acceptors (Lipinski definition) is 1. The lowest BCUT2D eigenvalue weighted by Gasteiger charge is -2.08. The van der Waals surface area contributed by atoms with Crippen molar-refractivity contribution in [2.75, 3.05) is 0 Å². The van der Waals surface area contributed by atoms with Crippen LogP contribution in [-0.2, 0) is 4.79 Å². The number of allylic oxidation sites excluding steroid dienone is 1. The number of amides is 1. The van der Waals surface area contributed by atoms with Gasteiger partial charge in [0.2, 0.25) is 5.91 Å². The fourth-order valence-corrected chi connectivity index (χ4v) is 1.64. The molecular weight excluding hydrogens is 210 g/mol. The van der Waals surface area contributed by atoms with Gasteiger partial charge < -0.3 is 0 Å². The average Bonchev–Trinajstić information content (AvgIpc) is 2.32. The Labute approximate surface area is 103 Å². The molecule has 0 saturated carbocycles. The molecule has 0 bridgehead atoms. The van der Waals surface area contributed by atoms with Crippen molar-refractivity contribution in [3.05, 3.63) is 41.5 Å². The molecule has 0 heterocycles. The average molecular weight is 229 g/mol. The van der Waals surface area contributed by atoms with E-state index in [1.807, 2.05) is 0 Å². The van der Waals surface area contributed by atoms with Crippen LogP contribution >= 0.6 is 0 Å². The first-order valence-corrected chi connectivity index (χ1v) is 5.79. The second-order valence-electron chi connectivity index (χ2n) is 4.31. The van der Waals surface area contributed by atoms with Gasteiger partial charge in [0, 0.05) is 6.42 Å². The molecule has 90 valence electrons. The molecule has 1 aromatic rings. The van der Waals surface area contributed by atoms with Gasteiger partial charge in [0.1, 0.15) is 0 Å². The van der Waals surface area contributed by atoms with Crippen molar-refractivity contribution >= 4 is 18.2 Å². The second-order valence-corrected chi connectivity index (χ2v) is 4.31. The van der Waals surface area contributed by atoms with Crippen LogP contribution in [0.4, 0.5) is 0 Å². The van der Waals surface area contributed by atoms with Crippen molar-refractivity contribution < 1.29 is 4.79 Å². The SMILES string of the molecule is C=NC(=O)CCCC(=C)c1ccc(C)c(C)c1. The van der Waals surface area contributed by atoms with E-state index >= 15 is 0 Å². The van der Waals surface area contributed by atoms with E-state index in [-0.39, 0.29) is 5.91 Å². The molecule has 0 aliphatic rings. The zero-order valence-electron chi connectivity index (χ0n) is 10.6. The Balaban J connectivity index is 2.55. The Morgan fingerprint density at radius 1 is 1.24 bits per heavy atom. The zero-order chi connectivity index (χ0) is 12.8. The monoisotopic (exact) mass is 229 g/mol. The number of aryl methyl sites for hydroxylation is 2. The van der Waals surface area contributed by atoms with Crippen molar-refractivity contribution in [2.45, 2.75) is 33.1 Å². The predicted octanol–water partition coefficient (Wildman–Crippen LogP) is 3.71. The van der Waals surface area contributed by atoms with Crippen LogP contribution in [0.1, 0.15) is 36.0 Å². The topological polar surface area (TPSA) is 29.4 Å². The van der Waals surface area contributed by atoms with Gasteiger partial charge in [-0.25, -0.2) is 4.99 Å². The van der Waals surface area contributed by atoms with E-state index in [9.17, 15) is 4.79 Å². The van der Waals surface area contributed by atoms with Crippen molar-refractivity contribution in [2.24, 2.45) is 4.99 Å². The summed E-state index contributed by atoms with van der Waals surface area (Å²) in [6, 6.07) is 6.33. The van der Waals surface area contributed by atoms with Crippen LogP contribution in [0.25, 0.3) is 5.57 Å². The van der Waals surface area contributed by atoms with Crippen LogP contribution in [0.15, 0.2) is 29.8 Å². The number of rotatable bonds is 5. The number of carbonyl (C=O) groups excluding carboxylic acids is 1. The van der Waals surface area contributed by atoms with Gasteiger partial charge in [-0.3, -0.25) is 4.79 Å². The first-order valence-electron chi connectivity index (χ1n) is 5.79. The summed E-state index contributed by atoms with van der Waals surface area (Å²) in [7, 11) is 0. The van der Waals surface area contributed by atoms with Gasteiger partial charge in [0.05, 0.1) is 0 Å². The van der Waals surface area contributed by atoms with E-state index < -0.39 is 0 Å². The number of nitrogens with zero attached hydrogens (tertiary/aromatic N) is 1. The van der Waals surface area contributed by atoms with Crippen LogP contribution in [0.5, 0.6) is 0 Å². The summed E-state index contributed by atoms with van der Waals surface area (Å²) >= 11 is 0. The molecule has 2 nitrogen and oxygen atoms in total. The van der Waals surface area contributed by atoms with Gasteiger partial charge in [0.25, 0.3) is 0 Å². The van der Waals surface area contributed by atoms with Gasteiger partial charge in [-0.05, 0) is 55.7 Å². The van der Waals surface area contributed by atoms with Gasteiger partial charge in [-0.15, -0.1) is 0 Å². The number of aliphatic imine (C=N–C) groups is 1. The van der Waals surface area contributed by atoms with Crippen LogP contribution in [-0.4, -0.2) is 12.6 Å². The Hall–Kier alpha value is -1.70. The second kappa shape index (κ2) is 6.14. The van der Waals surface area contributed by atoms with E-state index in [2.05, 4.69) is 50.3 Å². The van der Waals surface area contributed by atoms with E-state index in [1.54, 1.807) is 0 Å². The van der Waals surface area contributed by atoms with Crippen LogP contribution in [0, 0.1) is 13.8 Å². The highest BCUT2D eigenvalue weighted by atomic mass is 16.1. The maximum atomic E-state index is 11.0. The molecule has 0 aromatic heterocycles. The molecule has 2 heteroatoms. The molecule has 0 saturated heterocycles. The molecule has 0 radical (unpaired) electrons. The third-order valence-corrected chi connectivity index (χ3v) is 2.96. The largest absolute Gasteiger partial charge is 0.273 e. The molecule has 1 rings (SSSR count). The normalized spacial score (nSPS) is 10.0. The Morgan fingerprint density at radius 2 is 1.94 bits per heavy atom. The third kappa shape index (κ3) is 3.99. The Bertz CT molecular complexity index is 446. The Morgan fingerprint density at radius 3 is 2.53 bits per heavy atom. The fourth-order valence-electron chi connectivity index (χ4n) is 1.64. The van der Waals surface area contributed by atoms with Gasteiger partial charge in [-0.2, -0.15) is 0 Å². The van der Waals surface area contributed by atoms with Gasteiger partial charge >= 0.3 is 0 Å². The summed E-state index contributed by atoms with van der Waals surface area (Å²) in [5.41, 5.74) is 4.79. The number of carbonyl (C=O) groups is 1. The smallest absolute Gasteiger partial charge is 0.245 e. The lowest BCUT2D eigenvalue weighted by atomic mass is 9.98. The van der Waals surface area contributed by atoms with Crippen molar-refractivity contribution in [3.63, 3.8) is 0 Å². The molecule has 0 unspecified atom stereocenters. The maximum absolute atomic E-state index is 11.0. The van der Waals surface area contributed by atoms with E-state index in [4.69, 9.17) is 0 Å². The highest BCUT2D eigenvalue weighted by molar-refractivity contribution is 5.80.